The van der Waals surface area contributed by atoms with Gasteiger partial charge >= 0.3 is 14.0 Å². The summed E-state index contributed by atoms with van der Waals surface area (Å²) in [6.07, 6.45) is 2.37. The summed E-state index contributed by atoms with van der Waals surface area (Å²) in [6, 6.07) is 0. The third kappa shape index (κ3) is 2.06. The molecule has 3 aliphatic rings. The molecular formula is C15H28B2O4. The standard InChI is InChI=1S/C15H28B2O4/c1-11(2)12(3,4)19-16(18-11)17-20-13(5,6)15(8,21-17)14(7)9-10-14/h9-10H2,1-8H3. The predicted molar refractivity (Wildman–Crippen MR) is 83.8 cm³/mol. The number of rotatable bonds is 2. The predicted octanol–water partition coefficient (Wildman–Crippen LogP) is 3.03. The molecule has 0 N–H and O–H groups in total. The van der Waals surface area contributed by atoms with Crippen molar-refractivity contribution in [2.75, 3.05) is 0 Å². The van der Waals surface area contributed by atoms with Crippen LogP contribution in [0.15, 0.2) is 0 Å². The van der Waals surface area contributed by atoms with Gasteiger partial charge in [0.1, 0.15) is 0 Å². The molecule has 0 bridgehead atoms. The van der Waals surface area contributed by atoms with Crippen LogP contribution in [0.4, 0.5) is 0 Å². The molecular weight excluding hydrogens is 266 g/mol. The van der Waals surface area contributed by atoms with Gasteiger partial charge in [-0.3, -0.25) is 0 Å². The van der Waals surface area contributed by atoms with Crippen molar-refractivity contribution in [2.45, 2.75) is 90.6 Å². The Kier molecular flexibility index (Phi) is 3.08. The van der Waals surface area contributed by atoms with E-state index in [0.29, 0.717) is 0 Å². The Bertz CT molecular complexity index is 443. The van der Waals surface area contributed by atoms with Crippen molar-refractivity contribution in [1.29, 1.82) is 0 Å². The summed E-state index contributed by atoms with van der Waals surface area (Å²) >= 11 is 0. The zero-order valence-corrected chi connectivity index (χ0v) is 14.7. The Morgan fingerprint density at radius 1 is 0.571 bits per heavy atom. The van der Waals surface area contributed by atoms with Gasteiger partial charge in [-0.25, -0.2) is 0 Å². The van der Waals surface area contributed by atoms with Gasteiger partial charge in [0.05, 0.1) is 22.4 Å². The molecule has 0 spiro atoms. The van der Waals surface area contributed by atoms with Gasteiger partial charge in [-0.2, -0.15) is 0 Å². The molecule has 1 unspecified atom stereocenters. The second-order valence-corrected chi connectivity index (χ2v) is 8.83. The average Bonchev–Trinajstić information content (AvgIpc) is 2.93. The molecule has 2 saturated heterocycles. The summed E-state index contributed by atoms with van der Waals surface area (Å²) in [6.45, 7) is 16.9. The van der Waals surface area contributed by atoms with E-state index in [9.17, 15) is 0 Å². The van der Waals surface area contributed by atoms with Gasteiger partial charge in [-0.05, 0) is 66.7 Å². The van der Waals surface area contributed by atoms with Crippen molar-refractivity contribution in [3.63, 3.8) is 0 Å². The summed E-state index contributed by atoms with van der Waals surface area (Å²) in [7, 11) is -0.943. The van der Waals surface area contributed by atoms with Crippen LogP contribution in [-0.2, 0) is 18.6 Å². The Morgan fingerprint density at radius 3 is 1.38 bits per heavy atom. The first kappa shape index (κ1) is 15.8. The first-order chi connectivity index (χ1) is 9.34. The Labute approximate surface area is 129 Å². The molecule has 0 aromatic carbocycles. The first-order valence-electron chi connectivity index (χ1n) is 8.05. The molecule has 1 saturated carbocycles. The lowest BCUT2D eigenvalue weighted by Crippen LogP contribution is -2.51. The van der Waals surface area contributed by atoms with E-state index in [1.165, 1.54) is 12.8 Å². The fourth-order valence-electron chi connectivity index (χ4n) is 3.45. The lowest BCUT2D eigenvalue weighted by Gasteiger charge is -2.42. The highest BCUT2D eigenvalue weighted by molar-refractivity contribution is 7.11. The van der Waals surface area contributed by atoms with E-state index < -0.39 is 14.0 Å². The smallest absolute Gasteiger partial charge is 0.405 e. The molecule has 1 aliphatic carbocycles. The van der Waals surface area contributed by atoms with E-state index in [1.54, 1.807) is 0 Å². The number of hydrogen-bond acceptors (Lipinski definition) is 4. The van der Waals surface area contributed by atoms with Crippen LogP contribution in [0.5, 0.6) is 0 Å². The van der Waals surface area contributed by atoms with E-state index in [0.717, 1.165) is 0 Å². The minimum Gasteiger partial charge on any atom is -0.405 e. The van der Waals surface area contributed by atoms with Crippen LogP contribution in [0.3, 0.4) is 0 Å². The van der Waals surface area contributed by atoms with Gasteiger partial charge in [0.25, 0.3) is 0 Å². The summed E-state index contributed by atoms with van der Waals surface area (Å²) in [4.78, 5) is 0. The van der Waals surface area contributed by atoms with Gasteiger partial charge in [-0.1, -0.05) is 6.92 Å². The lowest BCUT2D eigenvalue weighted by atomic mass is 9.49. The molecule has 21 heavy (non-hydrogen) atoms. The summed E-state index contributed by atoms with van der Waals surface area (Å²) in [5.74, 6) is 0. The molecule has 118 valence electrons. The van der Waals surface area contributed by atoms with Gasteiger partial charge in [0.15, 0.2) is 0 Å². The van der Waals surface area contributed by atoms with Crippen molar-refractivity contribution in [2.24, 2.45) is 5.41 Å². The zero-order valence-electron chi connectivity index (χ0n) is 14.7. The highest BCUT2D eigenvalue weighted by Gasteiger charge is 2.71. The van der Waals surface area contributed by atoms with Gasteiger partial charge < -0.3 is 18.6 Å². The summed E-state index contributed by atoms with van der Waals surface area (Å²) in [5.41, 5.74) is -1.20. The topological polar surface area (TPSA) is 36.9 Å². The maximum Gasteiger partial charge on any atom is 0.489 e. The molecule has 3 rings (SSSR count). The fraction of sp³-hybridized carbons (Fsp3) is 1.00. The largest absolute Gasteiger partial charge is 0.489 e. The lowest BCUT2D eigenvalue weighted by molar-refractivity contribution is -0.0598. The Morgan fingerprint density at radius 2 is 0.952 bits per heavy atom. The van der Waals surface area contributed by atoms with Crippen molar-refractivity contribution in [3.05, 3.63) is 0 Å². The maximum atomic E-state index is 6.39. The van der Waals surface area contributed by atoms with Gasteiger partial charge in [0, 0.05) is 0 Å². The normalized spacial score (nSPS) is 38.9. The van der Waals surface area contributed by atoms with Crippen LogP contribution in [0, 0.1) is 5.41 Å². The molecule has 2 heterocycles. The van der Waals surface area contributed by atoms with Crippen molar-refractivity contribution in [3.8, 4) is 0 Å². The van der Waals surface area contributed by atoms with Crippen molar-refractivity contribution in [1.82, 2.24) is 0 Å². The summed E-state index contributed by atoms with van der Waals surface area (Å²) < 4.78 is 24.8. The summed E-state index contributed by atoms with van der Waals surface area (Å²) in [5, 5.41) is 0. The molecule has 1 atom stereocenters. The maximum absolute atomic E-state index is 6.39. The molecule has 4 nitrogen and oxygen atoms in total. The van der Waals surface area contributed by atoms with E-state index in [4.69, 9.17) is 18.6 Å². The van der Waals surface area contributed by atoms with Crippen molar-refractivity contribution < 1.29 is 18.6 Å². The first-order valence-corrected chi connectivity index (χ1v) is 8.05. The third-order valence-corrected chi connectivity index (χ3v) is 6.56. The Balaban J connectivity index is 1.81. The third-order valence-electron chi connectivity index (χ3n) is 6.56. The molecule has 0 aromatic heterocycles. The SMILES string of the molecule is CC1(C2(C)OB(B3OC(C)(C)C(C)(C)O3)OC2(C)C)CC1. The van der Waals surface area contributed by atoms with Gasteiger partial charge in [0.2, 0.25) is 0 Å². The second-order valence-electron chi connectivity index (χ2n) is 8.83. The van der Waals surface area contributed by atoms with Crippen LogP contribution in [0.2, 0.25) is 0 Å². The molecule has 2 aliphatic heterocycles. The van der Waals surface area contributed by atoms with E-state index in [2.05, 4.69) is 55.4 Å². The highest BCUT2D eigenvalue weighted by Crippen LogP contribution is 2.62. The fourth-order valence-corrected chi connectivity index (χ4v) is 3.45. The van der Waals surface area contributed by atoms with Crippen LogP contribution in [-0.4, -0.2) is 36.4 Å². The second kappa shape index (κ2) is 4.08. The van der Waals surface area contributed by atoms with E-state index in [1.807, 2.05) is 0 Å². The molecule has 0 aromatic rings. The van der Waals surface area contributed by atoms with Gasteiger partial charge in [-0.15, -0.1) is 0 Å². The zero-order chi connectivity index (χ0) is 15.9. The van der Waals surface area contributed by atoms with Crippen molar-refractivity contribution >= 4 is 14.0 Å². The average molecular weight is 294 g/mol. The molecule has 0 radical (unpaired) electrons. The van der Waals surface area contributed by atoms with Crippen LogP contribution in [0.1, 0.15) is 68.2 Å². The highest BCUT2D eigenvalue weighted by atomic mass is 16.7. The van der Waals surface area contributed by atoms with E-state index >= 15 is 0 Å². The quantitative estimate of drug-likeness (QED) is 0.734. The minimum atomic E-state index is -0.474. The minimum absolute atomic E-state index is 0.189. The molecule has 6 heteroatoms. The molecule has 3 fully saturated rings. The number of hydrogen-bond donors (Lipinski definition) is 0. The Hall–Kier alpha value is -0.0301. The van der Waals surface area contributed by atoms with Crippen LogP contribution in [0.25, 0.3) is 0 Å². The van der Waals surface area contributed by atoms with Crippen LogP contribution < -0.4 is 0 Å². The molecule has 0 amide bonds. The van der Waals surface area contributed by atoms with E-state index in [-0.39, 0.29) is 27.8 Å². The monoisotopic (exact) mass is 294 g/mol. The van der Waals surface area contributed by atoms with Crippen LogP contribution >= 0.6 is 0 Å².